The van der Waals surface area contributed by atoms with Crippen LogP contribution >= 0.6 is 0 Å². The minimum Gasteiger partial charge on any atom is -0.352 e. The second-order valence-electron chi connectivity index (χ2n) is 11.6. The lowest BCUT2D eigenvalue weighted by molar-refractivity contribution is -0.140. The smallest absolute Gasteiger partial charge is 0.264 e. The van der Waals surface area contributed by atoms with Gasteiger partial charge in [-0.3, -0.25) is 13.9 Å². The van der Waals surface area contributed by atoms with Gasteiger partial charge in [0, 0.05) is 19.0 Å². The predicted molar refractivity (Wildman–Crippen MR) is 180 cm³/mol. The lowest BCUT2D eigenvalue weighted by atomic mass is 10.0. The maximum atomic E-state index is 14.6. The monoisotopic (exact) mass is 625 g/mol. The van der Waals surface area contributed by atoms with Crippen LogP contribution < -0.4 is 9.62 Å². The molecule has 0 aliphatic rings. The zero-order chi connectivity index (χ0) is 32.6. The summed E-state index contributed by atoms with van der Waals surface area (Å²) in [4.78, 5) is 30.2. The third-order valence-corrected chi connectivity index (χ3v) is 10.1. The molecule has 0 fully saturated rings. The Hall–Kier alpha value is -4.43. The molecule has 2 atom stereocenters. The van der Waals surface area contributed by atoms with E-state index in [0.717, 1.165) is 38.5 Å². The highest BCUT2D eigenvalue weighted by molar-refractivity contribution is 7.92. The Morgan fingerprint density at radius 2 is 1.40 bits per heavy atom. The summed E-state index contributed by atoms with van der Waals surface area (Å²) in [7, 11) is -4.14. The number of aryl methyl sites for hydroxylation is 3. The highest BCUT2D eigenvalue weighted by Gasteiger charge is 2.35. The van der Waals surface area contributed by atoms with Crippen LogP contribution in [0.4, 0.5) is 5.69 Å². The van der Waals surface area contributed by atoms with Crippen LogP contribution in [0.2, 0.25) is 0 Å². The van der Waals surface area contributed by atoms with Crippen LogP contribution in [0.5, 0.6) is 0 Å². The van der Waals surface area contributed by atoms with E-state index in [1.807, 2.05) is 95.3 Å². The summed E-state index contributed by atoms with van der Waals surface area (Å²) < 4.78 is 29.5. The fourth-order valence-electron chi connectivity index (χ4n) is 5.10. The number of hydrogen-bond acceptors (Lipinski definition) is 4. The standard InChI is InChI=1S/C37H43N3O4S/c1-6-30(5)38-37(42)35(24-31-16-9-7-10-17-31)39(25-32-18-14-13-15-28(32)3)36(41)26-40(33-22-21-27(2)29(4)23-33)45(43,44)34-19-11-8-12-20-34/h7-23,30,35H,6,24-26H2,1-5H3,(H,38,42)/t30-,35-/m1/s1. The number of nitrogens with zero attached hydrogens (tertiary/aromatic N) is 2. The molecule has 236 valence electrons. The first-order chi connectivity index (χ1) is 21.5. The molecule has 0 unspecified atom stereocenters. The Morgan fingerprint density at radius 1 is 0.778 bits per heavy atom. The molecular formula is C37H43N3O4S. The second kappa shape index (κ2) is 15.0. The Kier molecular flexibility index (Phi) is 11.2. The number of sulfonamides is 1. The van der Waals surface area contributed by atoms with Crippen molar-refractivity contribution in [3.8, 4) is 0 Å². The minimum absolute atomic E-state index is 0.0804. The van der Waals surface area contributed by atoms with Crippen molar-refractivity contribution in [1.82, 2.24) is 10.2 Å². The van der Waals surface area contributed by atoms with Crippen LogP contribution in [0.15, 0.2) is 108 Å². The number of rotatable bonds is 13. The molecule has 2 amide bonds. The Bertz CT molecular complexity index is 1710. The molecule has 4 aromatic rings. The van der Waals surface area contributed by atoms with Gasteiger partial charge >= 0.3 is 0 Å². The van der Waals surface area contributed by atoms with E-state index in [1.54, 1.807) is 35.2 Å². The van der Waals surface area contributed by atoms with Crippen LogP contribution in [0.1, 0.15) is 48.1 Å². The van der Waals surface area contributed by atoms with E-state index in [1.165, 1.54) is 12.1 Å². The topological polar surface area (TPSA) is 86.8 Å². The molecule has 0 aromatic heterocycles. The lowest BCUT2D eigenvalue weighted by Crippen LogP contribution is -2.54. The molecule has 0 aliphatic heterocycles. The summed E-state index contributed by atoms with van der Waals surface area (Å²) in [5.74, 6) is -0.755. The lowest BCUT2D eigenvalue weighted by Gasteiger charge is -2.34. The zero-order valence-electron chi connectivity index (χ0n) is 26.7. The molecule has 8 heteroatoms. The zero-order valence-corrected chi connectivity index (χ0v) is 27.6. The summed E-state index contributed by atoms with van der Waals surface area (Å²) in [5.41, 5.74) is 5.04. The second-order valence-corrected chi connectivity index (χ2v) is 13.4. The summed E-state index contributed by atoms with van der Waals surface area (Å²) in [6.07, 6.45) is 1.00. The van der Waals surface area contributed by atoms with Gasteiger partial charge in [-0.05, 0) is 86.2 Å². The van der Waals surface area contributed by atoms with Gasteiger partial charge in [0.15, 0.2) is 0 Å². The average Bonchev–Trinajstić information content (AvgIpc) is 3.04. The minimum atomic E-state index is -4.14. The Morgan fingerprint density at radius 3 is 2.02 bits per heavy atom. The van der Waals surface area contributed by atoms with Crippen molar-refractivity contribution in [3.63, 3.8) is 0 Å². The van der Waals surface area contributed by atoms with E-state index in [4.69, 9.17) is 0 Å². The first-order valence-corrected chi connectivity index (χ1v) is 16.8. The number of nitrogens with one attached hydrogen (secondary N) is 1. The summed E-state index contributed by atoms with van der Waals surface area (Å²) in [6, 6.07) is 29.8. The highest BCUT2D eigenvalue weighted by atomic mass is 32.2. The summed E-state index contributed by atoms with van der Waals surface area (Å²) in [6.45, 7) is 9.41. The molecule has 4 aromatic carbocycles. The van der Waals surface area contributed by atoms with Gasteiger partial charge in [0.25, 0.3) is 10.0 Å². The Balaban J connectivity index is 1.83. The van der Waals surface area contributed by atoms with Crippen LogP contribution in [0.3, 0.4) is 0 Å². The molecule has 0 aliphatic carbocycles. The quantitative estimate of drug-likeness (QED) is 0.187. The number of hydrogen-bond donors (Lipinski definition) is 1. The van der Waals surface area contributed by atoms with Crippen molar-refractivity contribution in [1.29, 1.82) is 0 Å². The van der Waals surface area contributed by atoms with E-state index in [0.29, 0.717) is 5.69 Å². The van der Waals surface area contributed by atoms with Crippen LogP contribution in [-0.4, -0.2) is 43.8 Å². The SMILES string of the molecule is CC[C@@H](C)NC(=O)[C@@H](Cc1ccccc1)N(Cc1ccccc1C)C(=O)CN(c1ccc(C)c(C)c1)S(=O)(=O)c1ccccc1. The van der Waals surface area contributed by atoms with E-state index in [9.17, 15) is 18.0 Å². The van der Waals surface area contributed by atoms with Gasteiger partial charge in [0.2, 0.25) is 11.8 Å². The van der Waals surface area contributed by atoms with Gasteiger partial charge in [-0.15, -0.1) is 0 Å². The van der Waals surface area contributed by atoms with Crippen molar-refractivity contribution in [3.05, 3.63) is 131 Å². The van der Waals surface area contributed by atoms with Gasteiger partial charge in [-0.2, -0.15) is 0 Å². The van der Waals surface area contributed by atoms with Gasteiger partial charge < -0.3 is 10.2 Å². The van der Waals surface area contributed by atoms with Crippen molar-refractivity contribution in [2.24, 2.45) is 0 Å². The van der Waals surface area contributed by atoms with Crippen molar-refractivity contribution >= 4 is 27.5 Å². The third-order valence-electron chi connectivity index (χ3n) is 8.26. The average molecular weight is 626 g/mol. The number of amides is 2. The van der Waals surface area contributed by atoms with Crippen LogP contribution in [0.25, 0.3) is 0 Å². The number of benzene rings is 4. The van der Waals surface area contributed by atoms with E-state index >= 15 is 0 Å². The molecule has 7 nitrogen and oxygen atoms in total. The molecule has 0 saturated carbocycles. The normalized spacial score (nSPS) is 12.6. The molecule has 4 rings (SSSR count). The fraction of sp³-hybridized carbons (Fsp3) is 0.297. The maximum Gasteiger partial charge on any atom is 0.264 e. The molecule has 0 radical (unpaired) electrons. The first-order valence-electron chi connectivity index (χ1n) is 15.3. The van der Waals surface area contributed by atoms with E-state index in [-0.39, 0.29) is 29.8 Å². The number of anilines is 1. The number of carbonyl (C=O) groups is 2. The van der Waals surface area contributed by atoms with Crippen LogP contribution in [-0.2, 0) is 32.6 Å². The Labute approximate surface area is 268 Å². The maximum absolute atomic E-state index is 14.6. The summed E-state index contributed by atoms with van der Waals surface area (Å²) >= 11 is 0. The van der Waals surface area contributed by atoms with Gasteiger partial charge in [0.1, 0.15) is 12.6 Å². The molecular weight excluding hydrogens is 582 g/mol. The third kappa shape index (κ3) is 8.39. The van der Waals surface area contributed by atoms with Gasteiger partial charge in [-0.1, -0.05) is 85.8 Å². The van der Waals surface area contributed by atoms with E-state index < -0.39 is 28.5 Å². The molecule has 1 N–H and O–H groups in total. The van der Waals surface area contributed by atoms with Crippen molar-refractivity contribution in [2.75, 3.05) is 10.8 Å². The van der Waals surface area contributed by atoms with Crippen LogP contribution in [0, 0.1) is 20.8 Å². The van der Waals surface area contributed by atoms with Crippen molar-refractivity contribution < 1.29 is 18.0 Å². The first kappa shape index (κ1) is 33.5. The molecule has 0 saturated heterocycles. The van der Waals surface area contributed by atoms with Gasteiger partial charge in [-0.25, -0.2) is 8.42 Å². The van der Waals surface area contributed by atoms with Crippen molar-refractivity contribution in [2.45, 2.75) is 71.0 Å². The predicted octanol–water partition coefficient (Wildman–Crippen LogP) is 6.36. The molecule has 0 heterocycles. The molecule has 45 heavy (non-hydrogen) atoms. The largest absolute Gasteiger partial charge is 0.352 e. The van der Waals surface area contributed by atoms with Gasteiger partial charge in [0.05, 0.1) is 10.6 Å². The fourth-order valence-corrected chi connectivity index (χ4v) is 6.52. The summed E-state index contributed by atoms with van der Waals surface area (Å²) in [5, 5.41) is 3.08. The molecule has 0 bridgehead atoms. The molecule has 0 spiro atoms. The number of carbonyl (C=O) groups excluding carboxylic acids is 2. The highest BCUT2D eigenvalue weighted by Crippen LogP contribution is 2.27. The van der Waals surface area contributed by atoms with E-state index in [2.05, 4.69) is 5.32 Å².